The number of Topliss-reactive ketones (excluding diaryl/α,β-unsaturated/α-hetero) is 1. The Bertz CT molecular complexity index is 830. The minimum Gasteiger partial charge on any atom is -0.478 e. The molecule has 6 N–H and O–H groups in total. The third-order valence-electron chi connectivity index (χ3n) is 6.55. The van der Waals surface area contributed by atoms with Gasteiger partial charge in [0.15, 0.2) is 5.78 Å². The van der Waals surface area contributed by atoms with E-state index in [0.717, 1.165) is 24.5 Å². The fourth-order valence-corrected chi connectivity index (χ4v) is 4.46. The molecule has 0 aromatic heterocycles. The summed E-state index contributed by atoms with van der Waals surface area (Å²) in [6, 6.07) is -0.379. The molecule has 2 saturated heterocycles. The van der Waals surface area contributed by atoms with Gasteiger partial charge in [0, 0.05) is 44.4 Å². The molecule has 2 fully saturated rings. The van der Waals surface area contributed by atoms with Gasteiger partial charge in [-0.2, -0.15) is 0 Å². The number of hydrogen-bond donors (Lipinski definition) is 3. The van der Waals surface area contributed by atoms with Crippen LogP contribution >= 0.6 is 24.8 Å². The van der Waals surface area contributed by atoms with E-state index in [2.05, 4.69) is 18.7 Å². The van der Waals surface area contributed by atoms with Crippen molar-refractivity contribution in [2.45, 2.75) is 77.5 Å². The fraction of sp³-hybridized carbons (Fsp3) is 0.640. The summed E-state index contributed by atoms with van der Waals surface area (Å²) in [7, 11) is 0. The summed E-state index contributed by atoms with van der Waals surface area (Å²) in [6.45, 7) is 7.57. The van der Waals surface area contributed by atoms with Gasteiger partial charge in [-0.1, -0.05) is 26.7 Å². The number of ether oxygens (including phenoxy) is 1. The van der Waals surface area contributed by atoms with Crippen LogP contribution in [-0.4, -0.2) is 70.5 Å². The van der Waals surface area contributed by atoms with E-state index in [1.165, 1.54) is 19.0 Å². The molecule has 3 rings (SSSR count). The Balaban J connectivity index is 0. The lowest BCUT2D eigenvalue weighted by atomic mass is 9.77. The van der Waals surface area contributed by atoms with E-state index in [0.29, 0.717) is 32.3 Å². The lowest BCUT2D eigenvalue weighted by Gasteiger charge is -2.47. The Hall–Kier alpha value is -2.14. The van der Waals surface area contributed by atoms with Crippen LogP contribution < -0.4 is 11.9 Å². The molecule has 0 saturated carbocycles. The van der Waals surface area contributed by atoms with Crippen LogP contribution in [0.2, 0.25) is 0 Å². The quantitative estimate of drug-likeness (QED) is 0.317. The third-order valence-corrected chi connectivity index (χ3v) is 6.55. The van der Waals surface area contributed by atoms with Crippen molar-refractivity contribution in [1.82, 2.24) is 16.0 Å². The van der Waals surface area contributed by atoms with E-state index in [-0.39, 0.29) is 55.2 Å². The molecule has 9 nitrogen and oxygen atoms in total. The predicted octanol–water partition coefficient (Wildman–Crippen LogP) is 4.15. The Morgan fingerprint density at radius 2 is 1.78 bits per heavy atom. The molecule has 3 atom stereocenters. The monoisotopic (exact) mass is 568 g/mol. The van der Waals surface area contributed by atoms with Gasteiger partial charge in [0.1, 0.15) is 11.7 Å². The molecule has 2 unspecified atom stereocenters. The van der Waals surface area contributed by atoms with Crippen LogP contribution in [-0.2, 0) is 19.1 Å². The zero-order valence-corrected chi connectivity index (χ0v) is 23.6. The van der Waals surface area contributed by atoms with E-state index < -0.39 is 29.7 Å². The number of halogens is 3. The maximum Gasteiger partial charge on any atom is 0.340 e. The first-order chi connectivity index (χ1) is 16.3. The van der Waals surface area contributed by atoms with Gasteiger partial charge in [0.2, 0.25) is 0 Å². The number of carbonyl (C=O) groups excluding carboxylic acids is 2. The Morgan fingerprint density at radius 3 is 2.27 bits per heavy atom. The standard InChI is InChI=1S/C21H28FN3O5.C4H10.2ClH.H3N/c1-13-2-3-14(11-24-8-5-15(6-9-24)30-18(26)10-23)19-16(4-7-22)20(27)17(21(28)29)12-25(13)19;1-3-4-2;;;/h4,7,11-13,15-16,19H,2-3,5-6,8-10,23H2,1H3,(H,28,29);3-4H2,1-2H3;2*1H;1H3/b7-4+,14-11+;;;;/t13-,16?,19?;;;;/m0..../s1. The molecular formula is C25H43Cl2FN4O5. The summed E-state index contributed by atoms with van der Waals surface area (Å²) in [5.41, 5.74) is 5.95. The average molecular weight is 570 g/mol. The first-order valence-corrected chi connectivity index (χ1v) is 12.1. The van der Waals surface area contributed by atoms with Gasteiger partial charge in [0.05, 0.1) is 24.8 Å². The maximum absolute atomic E-state index is 13.1. The van der Waals surface area contributed by atoms with Crippen molar-refractivity contribution in [2.24, 2.45) is 11.7 Å². The summed E-state index contributed by atoms with van der Waals surface area (Å²) in [5, 5.41) is 9.40. The number of nitrogens with two attached hydrogens (primary N) is 1. The van der Waals surface area contributed by atoms with Crippen LogP contribution in [0.3, 0.4) is 0 Å². The minimum absolute atomic E-state index is 0. The SMILES string of the molecule is CCCC.C[C@H]1CC/C(=C\N2CCC(OC(=O)CN)CC2)C2C(/C=C/F)C(=O)C(C(=O)O)=CN21.Cl.Cl.N. The Kier molecular flexibility index (Phi) is 18.2. The highest BCUT2D eigenvalue weighted by Gasteiger charge is 2.44. The number of rotatable bonds is 6. The summed E-state index contributed by atoms with van der Waals surface area (Å²) in [6.07, 6.45) is 10.3. The van der Waals surface area contributed by atoms with Crippen LogP contribution in [0, 0.1) is 5.92 Å². The molecule has 0 radical (unpaired) electrons. The number of unbranched alkanes of at least 4 members (excludes halogenated alkanes) is 1. The normalized spacial score (nSPS) is 24.5. The van der Waals surface area contributed by atoms with E-state index >= 15 is 0 Å². The van der Waals surface area contributed by atoms with E-state index in [9.17, 15) is 23.9 Å². The van der Waals surface area contributed by atoms with E-state index in [1.54, 1.807) is 0 Å². The largest absolute Gasteiger partial charge is 0.478 e. The molecule has 0 bridgehead atoms. The number of fused-ring (bicyclic) bond motifs is 1. The summed E-state index contributed by atoms with van der Waals surface area (Å²) in [4.78, 5) is 39.6. The second-order valence-electron chi connectivity index (χ2n) is 8.97. The number of likely N-dealkylation sites (tertiary alicyclic amines) is 1. The van der Waals surface area contributed by atoms with Crippen LogP contribution in [0.5, 0.6) is 0 Å². The number of carboxylic acid groups (broad SMARTS) is 1. The molecule has 3 aliphatic heterocycles. The third kappa shape index (κ3) is 9.92. The van der Waals surface area contributed by atoms with Crippen molar-refractivity contribution in [3.8, 4) is 0 Å². The highest BCUT2D eigenvalue weighted by Crippen LogP contribution is 2.38. The zero-order valence-electron chi connectivity index (χ0n) is 21.9. The van der Waals surface area contributed by atoms with Crippen LogP contribution in [0.15, 0.2) is 36.0 Å². The number of esters is 1. The highest BCUT2D eigenvalue weighted by atomic mass is 35.5. The molecular weight excluding hydrogens is 526 g/mol. The summed E-state index contributed by atoms with van der Waals surface area (Å²) in [5.74, 6) is -3.17. The predicted molar refractivity (Wildman–Crippen MR) is 147 cm³/mol. The van der Waals surface area contributed by atoms with Gasteiger partial charge in [-0.25, -0.2) is 9.18 Å². The highest BCUT2D eigenvalue weighted by molar-refractivity contribution is 6.18. The average Bonchev–Trinajstić information content (AvgIpc) is 2.83. The van der Waals surface area contributed by atoms with E-state index in [1.807, 2.05) is 18.0 Å². The molecule has 0 aromatic rings. The topological polar surface area (TPSA) is 148 Å². The maximum atomic E-state index is 13.1. The Morgan fingerprint density at radius 1 is 1.19 bits per heavy atom. The summed E-state index contributed by atoms with van der Waals surface area (Å²) >= 11 is 0. The van der Waals surface area contributed by atoms with Crippen molar-refractivity contribution in [2.75, 3.05) is 19.6 Å². The molecule has 214 valence electrons. The first-order valence-electron chi connectivity index (χ1n) is 12.1. The lowest BCUT2D eigenvalue weighted by molar-refractivity contribution is -0.149. The van der Waals surface area contributed by atoms with Crippen molar-refractivity contribution in [3.05, 3.63) is 36.0 Å². The minimum atomic E-state index is -1.30. The smallest absolute Gasteiger partial charge is 0.340 e. The van der Waals surface area contributed by atoms with E-state index in [4.69, 9.17) is 10.5 Å². The number of aliphatic carboxylic acids is 1. The number of hydrogen-bond acceptors (Lipinski definition) is 8. The summed E-state index contributed by atoms with van der Waals surface area (Å²) < 4.78 is 18.4. The van der Waals surface area contributed by atoms with Crippen molar-refractivity contribution in [1.29, 1.82) is 0 Å². The van der Waals surface area contributed by atoms with Gasteiger partial charge < -0.3 is 31.5 Å². The van der Waals surface area contributed by atoms with Crippen molar-refractivity contribution in [3.63, 3.8) is 0 Å². The molecule has 3 heterocycles. The van der Waals surface area contributed by atoms with Crippen LogP contribution in [0.25, 0.3) is 0 Å². The number of piperidine rings is 2. The van der Waals surface area contributed by atoms with Crippen LogP contribution in [0.4, 0.5) is 4.39 Å². The lowest BCUT2D eigenvalue weighted by Crippen LogP contribution is -2.53. The number of nitrogens with zero attached hydrogens (tertiary/aromatic N) is 2. The molecule has 0 aromatic carbocycles. The molecule has 3 aliphatic rings. The molecule has 0 spiro atoms. The van der Waals surface area contributed by atoms with Gasteiger partial charge in [-0.3, -0.25) is 9.59 Å². The number of carbonyl (C=O) groups is 3. The van der Waals surface area contributed by atoms with Gasteiger partial charge in [-0.05, 0) is 31.4 Å². The first kappa shape index (κ1) is 37.0. The van der Waals surface area contributed by atoms with Gasteiger partial charge in [-0.15, -0.1) is 24.8 Å². The van der Waals surface area contributed by atoms with Gasteiger partial charge in [0.25, 0.3) is 0 Å². The molecule has 0 amide bonds. The van der Waals surface area contributed by atoms with Gasteiger partial charge >= 0.3 is 11.9 Å². The molecule has 37 heavy (non-hydrogen) atoms. The zero-order chi connectivity index (χ0) is 25.3. The Labute approximate surface area is 231 Å². The van der Waals surface area contributed by atoms with Crippen molar-refractivity contribution >= 4 is 42.5 Å². The van der Waals surface area contributed by atoms with Crippen molar-refractivity contribution < 1.29 is 28.6 Å². The second kappa shape index (κ2) is 18.2. The number of carboxylic acids is 1. The number of ketones is 1. The fourth-order valence-electron chi connectivity index (χ4n) is 4.46. The van der Waals surface area contributed by atoms with Crippen LogP contribution in [0.1, 0.15) is 59.3 Å². The molecule has 12 heteroatoms. The second-order valence-corrected chi connectivity index (χ2v) is 8.97. The molecule has 0 aliphatic carbocycles.